The van der Waals surface area contributed by atoms with E-state index >= 15 is 0 Å². The minimum Gasteiger partial charge on any atom is -0.384 e. The molecule has 1 aromatic carbocycles. The molecule has 0 aliphatic rings. The Hall–Kier alpha value is -1.57. The minimum atomic E-state index is 0.639. The predicted molar refractivity (Wildman–Crippen MR) is 68.3 cm³/mol. The van der Waals surface area contributed by atoms with E-state index in [4.69, 9.17) is 0 Å². The Bertz CT molecular complexity index is 375. The lowest BCUT2D eigenvalue weighted by Crippen LogP contribution is -2.20. The van der Waals surface area contributed by atoms with Gasteiger partial charge in [0.05, 0.1) is 0 Å². The summed E-state index contributed by atoms with van der Waals surface area (Å²) in [5.41, 5.74) is 2.64. The fourth-order valence-corrected chi connectivity index (χ4v) is 1.32. The molecular weight excluding hydrogens is 200 g/mol. The van der Waals surface area contributed by atoms with Crippen molar-refractivity contribution in [1.29, 1.82) is 0 Å². The molecule has 0 spiro atoms. The van der Waals surface area contributed by atoms with Gasteiger partial charge in [-0.05, 0) is 38.7 Å². The number of rotatable bonds is 5. The molecule has 0 aliphatic carbocycles. The number of anilines is 1. The zero-order valence-electron chi connectivity index (χ0n) is 10.1. The second-order valence-corrected chi connectivity index (χ2v) is 4.03. The van der Waals surface area contributed by atoms with Gasteiger partial charge in [-0.3, -0.25) is 0 Å². The first-order valence-electron chi connectivity index (χ1n) is 5.34. The van der Waals surface area contributed by atoms with Crippen LogP contribution >= 0.6 is 0 Å². The summed E-state index contributed by atoms with van der Waals surface area (Å²) in [6, 6.07) is 7.81. The van der Waals surface area contributed by atoms with Crippen LogP contribution in [0.2, 0.25) is 0 Å². The summed E-state index contributed by atoms with van der Waals surface area (Å²) in [5, 5.41) is 3.31. The van der Waals surface area contributed by atoms with Crippen molar-refractivity contribution in [3.63, 3.8) is 0 Å². The molecule has 0 aromatic heterocycles. The zero-order valence-corrected chi connectivity index (χ0v) is 10.1. The minimum absolute atomic E-state index is 0.639. The normalized spacial score (nSPS) is 10.0. The number of benzene rings is 1. The fraction of sp³-hybridized carbons (Fsp3) is 0.385. The maximum absolute atomic E-state index is 10.5. The quantitative estimate of drug-likeness (QED) is 0.766. The number of hydrogen-bond acceptors (Lipinski definition) is 3. The van der Waals surface area contributed by atoms with E-state index in [1.807, 2.05) is 44.3 Å². The maximum atomic E-state index is 10.5. The second kappa shape index (κ2) is 6.11. The molecule has 0 aliphatic heterocycles. The molecular formula is C13H18N2O. The van der Waals surface area contributed by atoms with Gasteiger partial charge in [0.25, 0.3) is 0 Å². The Balaban J connectivity index is 2.55. The predicted octanol–water partition coefficient (Wildman–Crippen LogP) is 1.90. The molecule has 1 N–H and O–H groups in total. The molecule has 1 rings (SSSR count). The standard InChI is InChI=1S/C13H18N2O/c1-11(10-16)12-4-6-13(7-5-12)14-8-9-15(2)3/h4-7,14H,8-9H2,1-3H3. The Morgan fingerprint density at radius 1 is 1.31 bits per heavy atom. The summed E-state index contributed by atoms with van der Waals surface area (Å²) in [6.07, 6.45) is 0. The molecule has 0 heterocycles. The number of likely N-dealkylation sites (N-methyl/N-ethyl adjacent to an activating group) is 1. The van der Waals surface area contributed by atoms with Crippen LogP contribution in [0.5, 0.6) is 0 Å². The SMILES string of the molecule is CC(=C=O)c1ccc(NCCN(C)C)cc1. The van der Waals surface area contributed by atoms with Gasteiger partial charge >= 0.3 is 0 Å². The van der Waals surface area contributed by atoms with Gasteiger partial charge in [0.2, 0.25) is 0 Å². The Labute approximate surface area is 96.8 Å². The largest absolute Gasteiger partial charge is 0.384 e. The molecule has 1 aromatic rings. The summed E-state index contributed by atoms with van der Waals surface area (Å²) >= 11 is 0. The van der Waals surface area contributed by atoms with Crippen molar-refractivity contribution in [2.45, 2.75) is 6.92 Å². The summed E-state index contributed by atoms with van der Waals surface area (Å²) in [4.78, 5) is 12.6. The van der Waals surface area contributed by atoms with Crippen LogP contribution in [0.4, 0.5) is 5.69 Å². The molecule has 3 nitrogen and oxygen atoms in total. The van der Waals surface area contributed by atoms with Crippen LogP contribution in [-0.2, 0) is 4.79 Å². The average Bonchev–Trinajstić information content (AvgIpc) is 2.28. The lowest BCUT2D eigenvalue weighted by molar-refractivity contribution is 0.425. The Kier molecular flexibility index (Phi) is 4.77. The third-order valence-electron chi connectivity index (χ3n) is 2.36. The van der Waals surface area contributed by atoms with Gasteiger partial charge in [0.15, 0.2) is 0 Å². The lowest BCUT2D eigenvalue weighted by atomic mass is 10.1. The van der Waals surface area contributed by atoms with Gasteiger partial charge in [-0.25, -0.2) is 4.79 Å². The highest BCUT2D eigenvalue weighted by Gasteiger charge is 1.97. The molecule has 0 bridgehead atoms. The van der Waals surface area contributed by atoms with Crippen LogP contribution in [0.3, 0.4) is 0 Å². The third kappa shape index (κ3) is 3.89. The number of hydrogen-bond donors (Lipinski definition) is 1. The molecule has 0 atom stereocenters. The molecule has 0 amide bonds. The molecule has 0 fully saturated rings. The fourth-order valence-electron chi connectivity index (χ4n) is 1.32. The number of nitrogens with one attached hydrogen (secondary N) is 1. The van der Waals surface area contributed by atoms with Crippen LogP contribution in [0.15, 0.2) is 24.3 Å². The van der Waals surface area contributed by atoms with E-state index in [0.717, 1.165) is 24.3 Å². The first kappa shape index (κ1) is 12.5. The van der Waals surface area contributed by atoms with Crippen LogP contribution in [0.25, 0.3) is 5.57 Å². The van der Waals surface area contributed by atoms with Gasteiger partial charge < -0.3 is 10.2 Å². The van der Waals surface area contributed by atoms with E-state index in [-0.39, 0.29) is 0 Å². The van der Waals surface area contributed by atoms with E-state index in [2.05, 4.69) is 10.2 Å². The third-order valence-corrected chi connectivity index (χ3v) is 2.36. The van der Waals surface area contributed by atoms with Crippen molar-refractivity contribution < 1.29 is 4.79 Å². The monoisotopic (exact) mass is 218 g/mol. The smallest absolute Gasteiger partial charge is 0.128 e. The molecule has 16 heavy (non-hydrogen) atoms. The van der Waals surface area contributed by atoms with Gasteiger partial charge in [-0.2, -0.15) is 0 Å². The molecule has 0 saturated heterocycles. The van der Waals surface area contributed by atoms with Gasteiger partial charge in [0, 0.05) is 24.4 Å². The van der Waals surface area contributed by atoms with E-state index in [1.54, 1.807) is 6.92 Å². The summed E-state index contributed by atoms with van der Waals surface area (Å²) in [6.45, 7) is 3.67. The van der Waals surface area contributed by atoms with Crippen molar-refractivity contribution in [2.75, 3.05) is 32.5 Å². The Morgan fingerprint density at radius 2 is 1.94 bits per heavy atom. The van der Waals surface area contributed by atoms with Crippen molar-refractivity contribution >= 4 is 17.2 Å². The van der Waals surface area contributed by atoms with E-state index in [0.29, 0.717) is 5.57 Å². The van der Waals surface area contributed by atoms with Crippen molar-refractivity contribution in [3.05, 3.63) is 29.8 Å². The van der Waals surface area contributed by atoms with Gasteiger partial charge in [-0.1, -0.05) is 12.1 Å². The van der Waals surface area contributed by atoms with E-state index in [1.165, 1.54) is 0 Å². The number of nitrogens with zero attached hydrogens (tertiary/aromatic N) is 1. The van der Waals surface area contributed by atoms with E-state index in [9.17, 15) is 4.79 Å². The first-order valence-corrected chi connectivity index (χ1v) is 5.34. The highest BCUT2D eigenvalue weighted by Crippen LogP contribution is 2.14. The van der Waals surface area contributed by atoms with Crippen molar-refractivity contribution in [3.8, 4) is 0 Å². The zero-order chi connectivity index (χ0) is 12.0. The van der Waals surface area contributed by atoms with Crippen molar-refractivity contribution in [2.24, 2.45) is 0 Å². The van der Waals surface area contributed by atoms with Gasteiger partial charge in [-0.15, -0.1) is 0 Å². The molecule has 3 heteroatoms. The van der Waals surface area contributed by atoms with Crippen molar-refractivity contribution in [1.82, 2.24) is 4.90 Å². The summed E-state index contributed by atoms with van der Waals surface area (Å²) in [7, 11) is 4.09. The summed E-state index contributed by atoms with van der Waals surface area (Å²) < 4.78 is 0. The number of allylic oxidation sites excluding steroid dienone is 1. The second-order valence-electron chi connectivity index (χ2n) is 4.03. The molecule has 0 radical (unpaired) electrons. The molecule has 0 unspecified atom stereocenters. The van der Waals surface area contributed by atoms with Crippen LogP contribution in [-0.4, -0.2) is 38.0 Å². The average molecular weight is 218 g/mol. The van der Waals surface area contributed by atoms with Crippen LogP contribution < -0.4 is 5.32 Å². The maximum Gasteiger partial charge on any atom is 0.128 e. The summed E-state index contributed by atoms with van der Waals surface area (Å²) in [5.74, 6) is 1.90. The van der Waals surface area contributed by atoms with E-state index < -0.39 is 0 Å². The van der Waals surface area contributed by atoms with Crippen LogP contribution in [0.1, 0.15) is 12.5 Å². The van der Waals surface area contributed by atoms with Gasteiger partial charge in [0.1, 0.15) is 5.94 Å². The number of carbonyl (C=O) groups excluding carboxylic acids is 1. The highest BCUT2D eigenvalue weighted by molar-refractivity contribution is 5.86. The molecule has 0 saturated carbocycles. The lowest BCUT2D eigenvalue weighted by Gasteiger charge is -2.11. The first-order chi connectivity index (χ1) is 7.63. The highest BCUT2D eigenvalue weighted by atomic mass is 16.1. The molecule has 86 valence electrons. The van der Waals surface area contributed by atoms with Crippen LogP contribution in [0, 0.1) is 0 Å². The topological polar surface area (TPSA) is 32.3 Å². The Morgan fingerprint density at radius 3 is 2.44 bits per heavy atom.